The number of nitrogens with one attached hydrogen (secondary N) is 1. The van der Waals surface area contributed by atoms with Gasteiger partial charge in [-0.15, -0.1) is 0 Å². The summed E-state index contributed by atoms with van der Waals surface area (Å²) >= 11 is 0. The quantitative estimate of drug-likeness (QED) is 0.919. The molecule has 0 bridgehead atoms. The van der Waals surface area contributed by atoms with Gasteiger partial charge in [-0.05, 0) is 27.3 Å². The van der Waals surface area contributed by atoms with Crippen molar-refractivity contribution in [1.82, 2.24) is 5.32 Å². The summed E-state index contributed by atoms with van der Waals surface area (Å²) in [6.45, 7) is 7.23. The van der Waals surface area contributed by atoms with Crippen molar-refractivity contribution in [2.45, 2.75) is 52.2 Å². The molecule has 1 aliphatic heterocycles. The number of benzene rings is 1. The zero-order valence-corrected chi connectivity index (χ0v) is 12.8. The third-order valence-electron chi connectivity index (χ3n) is 3.91. The molecule has 0 radical (unpaired) electrons. The van der Waals surface area contributed by atoms with Gasteiger partial charge in [0.2, 0.25) is 0 Å². The molecule has 2 heterocycles. The molecule has 0 fully saturated rings. The summed E-state index contributed by atoms with van der Waals surface area (Å²) in [6.07, 6.45) is 3.12. The van der Waals surface area contributed by atoms with Gasteiger partial charge in [-0.1, -0.05) is 25.5 Å². The second kappa shape index (κ2) is 4.81. The summed E-state index contributed by atoms with van der Waals surface area (Å²) in [4.78, 5) is 0. The van der Waals surface area contributed by atoms with Crippen LogP contribution in [0.4, 0.5) is 0 Å². The Morgan fingerprint density at radius 3 is 2.80 bits per heavy atom. The monoisotopic (exact) mass is 273 g/mol. The maximum atomic E-state index is 6.14. The lowest BCUT2D eigenvalue weighted by Gasteiger charge is -2.16. The fraction of sp³-hybridized carbons (Fsp3) is 0.529. The highest BCUT2D eigenvalue weighted by molar-refractivity contribution is 5.89. The molecular weight excluding hydrogens is 250 g/mol. The molecule has 3 rings (SSSR count). The molecule has 0 atom stereocenters. The number of fused-ring (bicyclic) bond motifs is 3. The van der Waals surface area contributed by atoms with Gasteiger partial charge in [0.25, 0.3) is 0 Å². The van der Waals surface area contributed by atoms with E-state index in [0.29, 0.717) is 0 Å². The second-order valence-electron chi connectivity index (χ2n) is 6.25. The van der Waals surface area contributed by atoms with Gasteiger partial charge in [-0.2, -0.15) is 0 Å². The van der Waals surface area contributed by atoms with Crippen LogP contribution in [-0.2, 0) is 19.4 Å². The van der Waals surface area contributed by atoms with E-state index in [-0.39, 0.29) is 5.60 Å². The van der Waals surface area contributed by atoms with Gasteiger partial charge < -0.3 is 14.5 Å². The Kier molecular flexibility index (Phi) is 3.25. The molecule has 1 aromatic carbocycles. The van der Waals surface area contributed by atoms with Gasteiger partial charge in [-0.3, -0.25) is 0 Å². The third-order valence-corrected chi connectivity index (χ3v) is 3.91. The topological polar surface area (TPSA) is 34.4 Å². The van der Waals surface area contributed by atoms with Crippen LogP contribution in [0, 0.1) is 0 Å². The highest BCUT2D eigenvalue weighted by Crippen LogP contribution is 2.43. The molecule has 0 aliphatic carbocycles. The van der Waals surface area contributed by atoms with E-state index in [2.05, 4.69) is 38.2 Å². The second-order valence-corrected chi connectivity index (χ2v) is 6.25. The summed E-state index contributed by atoms with van der Waals surface area (Å²) in [7, 11) is 1.95. The van der Waals surface area contributed by atoms with E-state index in [9.17, 15) is 0 Å². The molecule has 3 heteroatoms. The molecular formula is C17H23NO2. The molecule has 0 amide bonds. The lowest BCUT2D eigenvalue weighted by Crippen LogP contribution is -2.24. The molecule has 108 valence electrons. The molecule has 1 aliphatic rings. The van der Waals surface area contributed by atoms with E-state index in [1.54, 1.807) is 0 Å². The van der Waals surface area contributed by atoms with Crippen molar-refractivity contribution in [3.63, 3.8) is 0 Å². The van der Waals surface area contributed by atoms with Crippen molar-refractivity contribution < 1.29 is 9.15 Å². The maximum absolute atomic E-state index is 6.14. The minimum atomic E-state index is -0.127. The van der Waals surface area contributed by atoms with Crippen LogP contribution in [0.3, 0.4) is 0 Å². The Balaban J connectivity index is 2.17. The normalized spacial score (nSPS) is 16.4. The van der Waals surface area contributed by atoms with E-state index in [1.165, 1.54) is 16.5 Å². The number of furan rings is 1. The van der Waals surface area contributed by atoms with E-state index >= 15 is 0 Å². The fourth-order valence-corrected chi connectivity index (χ4v) is 3.13. The average molecular weight is 273 g/mol. The molecule has 0 spiro atoms. The first-order valence-electron chi connectivity index (χ1n) is 7.45. The molecule has 20 heavy (non-hydrogen) atoms. The Morgan fingerprint density at radius 1 is 1.30 bits per heavy atom. The molecule has 2 aromatic rings. The van der Waals surface area contributed by atoms with Crippen molar-refractivity contribution in [3.05, 3.63) is 29.0 Å². The molecule has 1 aromatic heterocycles. The first-order chi connectivity index (χ1) is 9.55. The van der Waals surface area contributed by atoms with Crippen molar-refractivity contribution in [3.8, 4) is 5.75 Å². The van der Waals surface area contributed by atoms with Crippen LogP contribution >= 0.6 is 0 Å². The van der Waals surface area contributed by atoms with Crippen LogP contribution in [-0.4, -0.2) is 12.6 Å². The SMILES string of the molecule is CCCc1c(CNC)oc2c3c(ccc12)CC(C)(C)O3. The van der Waals surface area contributed by atoms with Crippen LogP contribution in [0.2, 0.25) is 0 Å². The van der Waals surface area contributed by atoms with Gasteiger partial charge >= 0.3 is 0 Å². The van der Waals surface area contributed by atoms with Gasteiger partial charge in [0.15, 0.2) is 11.3 Å². The molecule has 1 N–H and O–H groups in total. The molecule has 0 saturated heterocycles. The Morgan fingerprint density at radius 2 is 2.10 bits per heavy atom. The zero-order valence-electron chi connectivity index (χ0n) is 12.8. The predicted octanol–water partition coefficient (Wildman–Crippen LogP) is 3.82. The van der Waals surface area contributed by atoms with Crippen LogP contribution < -0.4 is 10.1 Å². The van der Waals surface area contributed by atoms with Crippen molar-refractivity contribution in [2.24, 2.45) is 0 Å². The van der Waals surface area contributed by atoms with Crippen LogP contribution in [0.25, 0.3) is 11.0 Å². The van der Waals surface area contributed by atoms with E-state index in [1.807, 2.05) is 7.05 Å². The van der Waals surface area contributed by atoms with Crippen LogP contribution in [0.15, 0.2) is 16.5 Å². The van der Waals surface area contributed by atoms with Crippen LogP contribution in [0.5, 0.6) is 5.75 Å². The van der Waals surface area contributed by atoms with Crippen molar-refractivity contribution >= 4 is 11.0 Å². The number of hydrogen-bond donors (Lipinski definition) is 1. The first kappa shape index (κ1) is 13.5. The number of ether oxygens (including phenoxy) is 1. The van der Waals surface area contributed by atoms with E-state index in [4.69, 9.17) is 9.15 Å². The van der Waals surface area contributed by atoms with E-state index in [0.717, 1.165) is 42.9 Å². The Labute approximate surface area is 120 Å². The number of aryl methyl sites for hydroxylation is 1. The number of hydrogen-bond acceptors (Lipinski definition) is 3. The smallest absolute Gasteiger partial charge is 0.176 e. The summed E-state index contributed by atoms with van der Waals surface area (Å²) in [5, 5.41) is 4.41. The average Bonchev–Trinajstić information content (AvgIpc) is 2.87. The van der Waals surface area contributed by atoms with E-state index < -0.39 is 0 Å². The Bertz CT molecular complexity index is 640. The predicted molar refractivity (Wildman–Crippen MR) is 81.4 cm³/mol. The summed E-state index contributed by atoms with van der Waals surface area (Å²) in [6, 6.07) is 4.40. The fourth-order valence-electron chi connectivity index (χ4n) is 3.13. The summed E-state index contributed by atoms with van der Waals surface area (Å²) < 4.78 is 12.3. The van der Waals surface area contributed by atoms with Gasteiger partial charge in [0.05, 0.1) is 6.54 Å². The molecule has 0 saturated carbocycles. The van der Waals surface area contributed by atoms with Gasteiger partial charge in [-0.25, -0.2) is 0 Å². The van der Waals surface area contributed by atoms with Crippen molar-refractivity contribution in [1.29, 1.82) is 0 Å². The highest BCUT2D eigenvalue weighted by Gasteiger charge is 2.33. The van der Waals surface area contributed by atoms with Crippen molar-refractivity contribution in [2.75, 3.05) is 7.05 Å². The van der Waals surface area contributed by atoms with Gasteiger partial charge in [0, 0.05) is 22.9 Å². The minimum Gasteiger partial charge on any atom is -0.483 e. The zero-order chi connectivity index (χ0) is 14.3. The molecule has 3 nitrogen and oxygen atoms in total. The third kappa shape index (κ3) is 2.10. The standard InChI is InChI=1S/C17H23NO2/c1-5-6-12-13-8-7-11-9-17(2,3)20-15(11)16(13)19-14(12)10-18-4/h7-8,18H,5-6,9-10H2,1-4H3. The largest absolute Gasteiger partial charge is 0.483 e. The maximum Gasteiger partial charge on any atom is 0.176 e. The number of rotatable bonds is 4. The summed E-state index contributed by atoms with van der Waals surface area (Å²) in [5.41, 5.74) is 3.39. The highest BCUT2D eigenvalue weighted by atomic mass is 16.5. The van der Waals surface area contributed by atoms with Gasteiger partial charge in [0.1, 0.15) is 11.4 Å². The first-order valence-corrected chi connectivity index (χ1v) is 7.45. The Hall–Kier alpha value is -1.48. The van der Waals surface area contributed by atoms with Crippen LogP contribution in [0.1, 0.15) is 44.1 Å². The lowest BCUT2D eigenvalue weighted by molar-refractivity contribution is 0.138. The summed E-state index contributed by atoms with van der Waals surface area (Å²) in [5.74, 6) is 2.00. The molecule has 0 unspecified atom stereocenters. The lowest BCUT2D eigenvalue weighted by atomic mass is 9.99. The minimum absolute atomic E-state index is 0.127.